The number of ether oxygens (including phenoxy) is 2. The highest BCUT2D eigenvalue weighted by Gasteiger charge is 2.40. The summed E-state index contributed by atoms with van der Waals surface area (Å²) in [7, 11) is 0. The highest BCUT2D eigenvalue weighted by molar-refractivity contribution is 5.86. The summed E-state index contributed by atoms with van der Waals surface area (Å²) in [6.45, 7) is 2.08. The molecule has 20 heavy (non-hydrogen) atoms. The van der Waals surface area contributed by atoms with Crippen molar-refractivity contribution in [3.8, 4) is 0 Å². The Balaban J connectivity index is 1.55. The molecule has 0 bridgehead atoms. The van der Waals surface area contributed by atoms with E-state index in [1.165, 1.54) is 5.56 Å². The standard InChI is InChI=1S/C15H19NO4/c1-11-13(14(17)20-11)16-15(18)19-10-6-5-9-12-7-3-2-4-8-12/h2-4,7-8,11,13H,5-6,9-10H2,1H3,(H,16,18)/t11-,13?/m0/s1. The minimum atomic E-state index is -0.563. The van der Waals surface area contributed by atoms with Gasteiger partial charge in [-0.15, -0.1) is 0 Å². The molecule has 1 fully saturated rings. The van der Waals surface area contributed by atoms with Gasteiger partial charge in [0.05, 0.1) is 6.61 Å². The maximum atomic E-state index is 11.4. The molecule has 0 spiro atoms. The van der Waals surface area contributed by atoms with E-state index in [-0.39, 0.29) is 6.10 Å². The monoisotopic (exact) mass is 277 g/mol. The number of alkyl carbamates (subject to hydrolysis) is 1. The molecule has 0 aliphatic carbocycles. The molecule has 1 unspecified atom stereocenters. The molecule has 108 valence electrons. The molecule has 1 amide bonds. The highest BCUT2D eigenvalue weighted by Crippen LogP contribution is 2.13. The zero-order chi connectivity index (χ0) is 14.4. The summed E-state index contributed by atoms with van der Waals surface area (Å²) < 4.78 is 9.76. The van der Waals surface area contributed by atoms with Crippen LogP contribution in [-0.4, -0.2) is 30.8 Å². The molecule has 2 atom stereocenters. The van der Waals surface area contributed by atoms with Crippen LogP contribution in [-0.2, 0) is 20.7 Å². The van der Waals surface area contributed by atoms with Crippen LogP contribution < -0.4 is 5.32 Å². The number of carbonyl (C=O) groups is 2. The quantitative estimate of drug-likeness (QED) is 0.638. The molecule has 1 aromatic carbocycles. The predicted octanol–water partition coefficient (Wildman–Crippen LogP) is 2.05. The number of cyclic esters (lactones) is 1. The van der Waals surface area contributed by atoms with Gasteiger partial charge in [-0.2, -0.15) is 0 Å². The molecule has 1 saturated heterocycles. The van der Waals surface area contributed by atoms with E-state index in [0.29, 0.717) is 6.61 Å². The lowest BCUT2D eigenvalue weighted by atomic mass is 10.1. The fourth-order valence-corrected chi connectivity index (χ4v) is 2.03. The van der Waals surface area contributed by atoms with Crippen LogP contribution in [0.3, 0.4) is 0 Å². The minimum absolute atomic E-state index is 0.270. The Bertz CT molecular complexity index is 460. The lowest BCUT2D eigenvalue weighted by Crippen LogP contribution is -2.58. The van der Waals surface area contributed by atoms with Crippen LogP contribution in [0.25, 0.3) is 0 Å². The van der Waals surface area contributed by atoms with E-state index >= 15 is 0 Å². The number of aryl methyl sites for hydroxylation is 1. The zero-order valence-corrected chi connectivity index (χ0v) is 11.5. The van der Waals surface area contributed by atoms with Crippen LogP contribution in [0.2, 0.25) is 0 Å². The Morgan fingerprint density at radius 1 is 1.30 bits per heavy atom. The average molecular weight is 277 g/mol. The third-order valence-corrected chi connectivity index (χ3v) is 3.23. The fraction of sp³-hybridized carbons (Fsp3) is 0.467. The molecule has 0 radical (unpaired) electrons. The number of rotatable bonds is 6. The van der Waals surface area contributed by atoms with Gasteiger partial charge in [0.2, 0.25) is 0 Å². The number of carbonyl (C=O) groups excluding carboxylic acids is 2. The van der Waals surface area contributed by atoms with Crippen molar-refractivity contribution in [2.24, 2.45) is 0 Å². The molecule has 5 nitrogen and oxygen atoms in total. The lowest BCUT2D eigenvalue weighted by molar-refractivity contribution is -0.174. The topological polar surface area (TPSA) is 64.6 Å². The smallest absolute Gasteiger partial charge is 0.407 e. The molecule has 1 aliphatic heterocycles. The lowest BCUT2D eigenvalue weighted by Gasteiger charge is -2.32. The van der Waals surface area contributed by atoms with Crippen LogP contribution in [0.15, 0.2) is 30.3 Å². The van der Waals surface area contributed by atoms with Crippen LogP contribution >= 0.6 is 0 Å². The van der Waals surface area contributed by atoms with Gasteiger partial charge in [-0.05, 0) is 31.7 Å². The number of hydrogen-bond acceptors (Lipinski definition) is 4. The Labute approximate surface area is 118 Å². The molecule has 1 N–H and O–H groups in total. The first-order chi connectivity index (χ1) is 9.66. The van der Waals surface area contributed by atoms with E-state index in [1.54, 1.807) is 6.92 Å². The summed E-state index contributed by atoms with van der Waals surface area (Å²) in [5.74, 6) is -0.404. The largest absolute Gasteiger partial charge is 0.458 e. The second-order valence-corrected chi connectivity index (χ2v) is 4.84. The first-order valence-electron chi connectivity index (χ1n) is 6.84. The van der Waals surface area contributed by atoms with Crippen molar-refractivity contribution in [1.29, 1.82) is 0 Å². The normalized spacial score (nSPS) is 20.8. The van der Waals surface area contributed by atoms with Gasteiger partial charge in [0.15, 0.2) is 6.04 Å². The molecule has 1 aromatic rings. The molecular weight excluding hydrogens is 258 g/mol. The molecule has 2 rings (SSSR count). The number of amides is 1. The van der Waals surface area contributed by atoms with E-state index in [2.05, 4.69) is 17.4 Å². The number of esters is 1. The van der Waals surface area contributed by atoms with Gasteiger partial charge in [0, 0.05) is 0 Å². The Hall–Kier alpha value is -2.04. The Morgan fingerprint density at radius 3 is 2.70 bits per heavy atom. The number of hydrogen-bond donors (Lipinski definition) is 1. The second-order valence-electron chi connectivity index (χ2n) is 4.84. The molecule has 1 heterocycles. The molecule has 0 saturated carbocycles. The maximum absolute atomic E-state index is 11.4. The van der Waals surface area contributed by atoms with Crippen molar-refractivity contribution < 1.29 is 19.1 Å². The molecular formula is C15H19NO4. The van der Waals surface area contributed by atoms with Gasteiger partial charge < -0.3 is 14.8 Å². The summed E-state index contributed by atoms with van der Waals surface area (Å²) in [6, 6.07) is 9.61. The zero-order valence-electron chi connectivity index (χ0n) is 11.5. The van der Waals surface area contributed by atoms with Crippen molar-refractivity contribution in [3.63, 3.8) is 0 Å². The van der Waals surface area contributed by atoms with Crippen molar-refractivity contribution in [2.45, 2.75) is 38.3 Å². The minimum Gasteiger partial charge on any atom is -0.458 e. The summed E-state index contributed by atoms with van der Waals surface area (Å²) in [5, 5.41) is 2.49. The van der Waals surface area contributed by atoms with E-state index < -0.39 is 18.1 Å². The number of unbranched alkanes of at least 4 members (excludes halogenated alkanes) is 1. The maximum Gasteiger partial charge on any atom is 0.407 e. The van der Waals surface area contributed by atoms with Gasteiger partial charge in [0.25, 0.3) is 0 Å². The van der Waals surface area contributed by atoms with Gasteiger partial charge in [-0.3, -0.25) is 0 Å². The Kier molecular flexibility index (Phi) is 4.98. The third kappa shape index (κ3) is 3.98. The summed E-state index contributed by atoms with van der Waals surface area (Å²) in [4.78, 5) is 22.4. The van der Waals surface area contributed by atoms with Gasteiger partial charge in [-0.25, -0.2) is 9.59 Å². The number of nitrogens with one attached hydrogen (secondary N) is 1. The first kappa shape index (κ1) is 14.4. The van der Waals surface area contributed by atoms with E-state index in [0.717, 1.165) is 19.3 Å². The van der Waals surface area contributed by atoms with Gasteiger partial charge in [-0.1, -0.05) is 30.3 Å². The van der Waals surface area contributed by atoms with Crippen molar-refractivity contribution in [2.75, 3.05) is 6.61 Å². The van der Waals surface area contributed by atoms with Gasteiger partial charge in [0.1, 0.15) is 6.10 Å². The van der Waals surface area contributed by atoms with Crippen molar-refractivity contribution in [1.82, 2.24) is 5.32 Å². The summed E-state index contributed by atoms with van der Waals surface area (Å²) in [6.07, 6.45) is 1.90. The fourth-order valence-electron chi connectivity index (χ4n) is 2.03. The molecule has 0 aromatic heterocycles. The summed E-state index contributed by atoms with van der Waals surface area (Å²) in [5.41, 5.74) is 1.28. The van der Waals surface area contributed by atoms with Gasteiger partial charge >= 0.3 is 12.1 Å². The summed E-state index contributed by atoms with van der Waals surface area (Å²) >= 11 is 0. The second kappa shape index (κ2) is 6.93. The Morgan fingerprint density at radius 2 is 2.05 bits per heavy atom. The van der Waals surface area contributed by atoms with Crippen LogP contribution in [0, 0.1) is 0 Å². The van der Waals surface area contributed by atoms with Crippen LogP contribution in [0.1, 0.15) is 25.3 Å². The highest BCUT2D eigenvalue weighted by atomic mass is 16.6. The molecule has 5 heteroatoms. The first-order valence-corrected chi connectivity index (χ1v) is 6.84. The third-order valence-electron chi connectivity index (χ3n) is 3.23. The SMILES string of the molecule is C[C@@H]1OC(=O)C1NC(=O)OCCCCc1ccccc1. The predicted molar refractivity (Wildman–Crippen MR) is 73.2 cm³/mol. The van der Waals surface area contributed by atoms with E-state index in [9.17, 15) is 9.59 Å². The van der Waals surface area contributed by atoms with Crippen LogP contribution in [0.4, 0.5) is 4.79 Å². The van der Waals surface area contributed by atoms with Crippen molar-refractivity contribution >= 4 is 12.1 Å². The average Bonchev–Trinajstić information content (AvgIpc) is 2.46. The van der Waals surface area contributed by atoms with Crippen LogP contribution in [0.5, 0.6) is 0 Å². The number of benzene rings is 1. The van der Waals surface area contributed by atoms with Crippen molar-refractivity contribution in [3.05, 3.63) is 35.9 Å². The van der Waals surface area contributed by atoms with E-state index in [1.807, 2.05) is 18.2 Å². The molecule has 1 aliphatic rings. The van der Waals surface area contributed by atoms with E-state index in [4.69, 9.17) is 9.47 Å².